The van der Waals surface area contributed by atoms with Gasteiger partial charge in [-0.15, -0.1) is 0 Å². The van der Waals surface area contributed by atoms with Gasteiger partial charge < -0.3 is 4.90 Å². The number of pyridine rings is 1. The molecule has 0 aliphatic rings. The van der Waals surface area contributed by atoms with Crippen molar-refractivity contribution in [1.82, 2.24) is 19.2 Å². The fourth-order valence-corrected chi connectivity index (χ4v) is 3.44. The van der Waals surface area contributed by atoms with Gasteiger partial charge in [0, 0.05) is 44.0 Å². The molecule has 1 amide bonds. The number of aromatic nitrogens is 3. The van der Waals surface area contributed by atoms with Crippen LogP contribution in [0.2, 0.25) is 0 Å². The summed E-state index contributed by atoms with van der Waals surface area (Å²) in [4.78, 5) is 27.0. The first kappa shape index (κ1) is 19.7. The van der Waals surface area contributed by atoms with Crippen molar-refractivity contribution < 1.29 is 18.0 Å². The second-order valence-electron chi connectivity index (χ2n) is 7.18. The Kier molecular flexibility index (Phi) is 4.41. The average Bonchev–Trinajstić information content (AvgIpc) is 3.09. The van der Waals surface area contributed by atoms with Crippen molar-refractivity contribution in [2.45, 2.75) is 6.18 Å². The zero-order chi connectivity index (χ0) is 21.8. The van der Waals surface area contributed by atoms with Gasteiger partial charge >= 0.3 is 6.18 Å². The molecule has 154 valence electrons. The maximum absolute atomic E-state index is 13.2. The molecule has 0 N–H and O–H groups in total. The summed E-state index contributed by atoms with van der Waals surface area (Å²) in [5, 5.41) is 5.22. The Morgan fingerprint density at radius 2 is 1.70 bits per heavy atom. The Morgan fingerprint density at radius 1 is 1.03 bits per heavy atom. The number of alkyl halides is 3. The summed E-state index contributed by atoms with van der Waals surface area (Å²) < 4.78 is 41.6. The predicted octanol–water partition coefficient (Wildman–Crippen LogP) is 3.60. The van der Waals surface area contributed by atoms with E-state index < -0.39 is 17.3 Å². The SMILES string of the molecule is CN(C)C(=O)c1ccc2c(c1)c1nn(C)cc1c(=O)n2-c1ccc(C(F)(F)F)cc1. The van der Waals surface area contributed by atoms with E-state index in [0.717, 1.165) is 12.1 Å². The largest absolute Gasteiger partial charge is 0.416 e. The molecular weight excluding hydrogens is 397 g/mol. The van der Waals surface area contributed by atoms with Crippen molar-refractivity contribution in [3.8, 4) is 5.69 Å². The van der Waals surface area contributed by atoms with Gasteiger partial charge in [0.1, 0.15) is 5.52 Å². The van der Waals surface area contributed by atoms with Crippen LogP contribution in [0.3, 0.4) is 0 Å². The minimum atomic E-state index is -4.47. The number of rotatable bonds is 2. The number of carbonyl (C=O) groups excluding carboxylic acids is 1. The van der Waals surface area contributed by atoms with Crippen molar-refractivity contribution in [3.63, 3.8) is 0 Å². The van der Waals surface area contributed by atoms with Crippen molar-refractivity contribution in [2.24, 2.45) is 7.05 Å². The number of aryl methyl sites for hydroxylation is 1. The molecule has 0 spiro atoms. The molecule has 0 saturated heterocycles. The van der Waals surface area contributed by atoms with E-state index in [4.69, 9.17) is 0 Å². The number of benzene rings is 2. The fraction of sp³-hybridized carbons (Fsp3) is 0.190. The standard InChI is InChI=1S/C21H17F3N4O2/c1-26(2)19(29)12-4-9-17-15(10-12)18-16(11-27(3)25-18)20(30)28(17)14-7-5-13(6-8-14)21(22,23)24/h4-11H,1-3H3. The van der Waals surface area contributed by atoms with Crippen LogP contribution in [-0.2, 0) is 13.2 Å². The van der Waals surface area contributed by atoms with Crippen LogP contribution in [-0.4, -0.2) is 39.3 Å². The van der Waals surface area contributed by atoms with Gasteiger partial charge in [-0.05, 0) is 42.5 Å². The molecule has 9 heteroatoms. The summed E-state index contributed by atoms with van der Waals surface area (Å²) in [5.74, 6) is -0.215. The number of amides is 1. The summed E-state index contributed by atoms with van der Waals surface area (Å²) in [6.45, 7) is 0. The lowest BCUT2D eigenvalue weighted by Crippen LogP contribution is -2.22. The van der Waals surface area contributed by atoms with Gasteiger partial charge in [0.05, 0.1) is 16.5 Å². The van der Waals surface area contributed by atoms with Crippen LogP contribution in [0.25, 0.3) is 27.5 Å². The van der Waals surface area contributed by atoms with Gasteiger partial charge in [-0.1, -0.05) is 0 Å². The smallest absolute Gasteiger partial charge is 0.345 e. The van der Waals surface area contributed by atoms with E-state index in [1.165, 1.54) is 26.3 Å². The van der Waals surface area contributed by atoms with Crippen LogP contribution in [0.1, 0.15) is 15.9 Å². The highest BCUT2D eigenvalue weighted by molar-refractivity contribution is 6.07. The Balaban J connectivity index is 2.05. The number of fused-ring (bicyclic) bond motifs is 3. The first-order chi connectivity index (χ1) is 14.1. The van der Waals surface area contributed by atoms with Crippen molar-refractivity contribution in [2.75, 3.05) is 14.1 Å². The Labute approximate surface area is 168 Å². The number of nitrogens with zero attached hydrogens (tertiary/aromatic N) is 4. The van der Waals surface area contributed by atoms with E-state index >= 15 is 0 Å². The van der Waals surface area contributed by atoms with E-state index in [-0.39, 0.29) is 11.6 Å². The van der Waals surface area contributed by atoms with Gasteiger partial charge in [-0.2, -0.15) is 18.3 Å². The zero-order valence-electron chi connectivity index (χ0n) is 16.4. The maximum atomic E-state index is 13.2. The monoisotopic (exact) mass is 414 g/mol. The van der Waals surface area contributed by atoms with Crippen LogP contribution >= 0.6 is 0 Å². The number of hydrogen-bond donors (Lipinski definition) is 0. The molecular formula is C21H17F3N4O2. The van der Waals surface area contributed by atoms with E-state index in [1.54, 1.807) is 45.5 Å². The number of halogens is 3. The lowest BCUT2D eigenvalue weighted by molar-refractivity contribution is -0.137. The van der Waals surface area contributed by atoms with Crippen LogP contribution in [0.4, 0.5) is 13.2 Å². The molecule has 0 bridgehead atoms. The fourth-order valence-electron chi connectivity index (χ4n) is 3.44. The van der Waals surface area contributed by atoms with Crippen LogP contribution in [0, 0.1) is 0 Å². The molecule has 0 saturated carbocycles. The molecule has 0 fully saturated rings. The molecule has 0 unspecified atom stereocenters. The summed E-state index contributed by atoms with van der Waals surface area (Å²) >= 11 is 0. The molecule has 0 radical (unpaired) electrons. The first-order valence-electron chi connectivity index (χ1n) is 8.99. The van der Waals surface area contributed by atoms with Crippen molar-refractivity contribution >= 4 is 27.7 Å². The normalized spacial score (nSPS) is 11.9. The molecule has 0 aliphatic carbocycles. The summed E-state index contributed by atoms with van der Waals surface area (Å²) in [5.41, 5.74) is 0.366. The minimum Gasteiger partial charge on any atom is -0.345 e. The Hall–Kier alpha value is -3.62. The first-order valence-corrected chi connectivity index (χ1v) is 8.99. The summed E-state index contributed by atoms with van der Waals surface area (Å²) in [6, 6.07) is 9.22. The van der Waals surface area contributed by atoms with Gasteiger partial charge in [0.15, 0.2) is 0 Å². The Bertz CT molecular complexity index is 1350. The highest BCUT2D eigenvalue weighted by Gasteiger charge is 2.30. The highest BCUT2D eigenvalue weighted by atomic mass is 19.4. The lowest BCUT2D eigenvalue weighted by atomic mass is 10.1. The van der Waals surface area contributed by atoms with Crippen molar-refractivity contribution in [1.29, 1.82) is 0 Å². The third kappa shape index (κ3) is 3.12. The molecule has 2 aromatic carbocycles. The van der Waals surface area contributed by atoms with Gasteiger partial charge in [-0.3, -0.25) is 18.8 Å². The zero-order valence-corrected chi connectivity index (χ0v) is 16.4. The summed E-state index contributed by atoms with van der Waals surface area (Å²) in [6.07, 6.45) is -2.92. The van der Waals surface area contributed by atoms with Crippen LogP contribution in [0.15, 0.2) is 53.5 Å². The maximum Gasteiger partial charge on any atom is 0.416 e. The third-order valence-electron chi connectivity index (χ3n) is 4.86. The van der Waals surface area contributed by atoms with Crippen LogP contribution < -0.4 is 5.56 Å². The average molecular weight is 414 g/mol. The highest BCUT2D eigenvalue weighted by Crippen LogP contribution is 2.30. The van der Waals surface area contributed by atoms with Gasteiger partial charge in [0.2, 0.25) is 0 Å². The van der Waals surface area contributed by atoms with Gasteiger partial charge in [0.25, 0.3) is 11.5 Å². The topological polar surface area (TPSA) is 60.1 Å². The van der Waals surface area contributed by atoms with E-state index in [0.29, 0.717) is 27.4 Å². The van der Waals surface area contributed by atoms with Crippen LogP contribution in [0.5, 0.6) is 0 Å². The minimum absolute atomic E-state index is 0.215. The molecule has 30 heavy (non-hydrogen) atoms. The van der Waals surface area contributed by atoms with Gasteiger partial charge in [-0.25, -0.2) is 0 Å². The second-order valence-corrected chi connectivity index (χ2v) is 7.18. The molecule has 2 heterocycles. The molecule has 2 aromatic heterocycles. The number of hydrogen-bond acceptors (Lipinski definition) is 3. The van der Waals surface area contributed by atoms with E-state index in [1.807, 2.05) is 0 Å². The summed E-state index contributed by atoms with van der Waals surface area (Å²) in [7, 11) is 4.93. The van der Waals surface area contributed by atoms with Crippen molar-refractivity contribution in [3.05, 3.63) is 70.1 Å². The molecule has 0 atom stereocenters. The lowest BCUT2D eigenvalue weighted by Gasteiger charge is -2.15. The Morgan fingerprint density at radius 3 is 2.30 bits per heavy atom. The molecule has 4 rings (SSSR count). The predicted molar refractivity (Wildman–Crippen MR) is 107 cm³/mol. The number of carbonyl (C=O) groups is 1. The van der Waals surface area contributed by atoms with E-state index in [2.05, 4.69) is 5.10 Å². The molecule has 4 aromatic rings. The molecule has 0 aliphatic heterocycles. The third-order valence-corrected chi connectivity index (χ3v) is 4.86. The van der Waals surface area contributed by atoms with E-state index in [9.17, 15) is 22.8 Å². The molecule has 6 nitrogen and oxygen atoms in total. The quantitative estimate of drug-likeness (QED) is 0.504. The second kappa shape index (κ2) is 6.72.